The average molecular weight is 354 g/mol. The first-order chi connectivity index (χ1) is 9.83. The van der Waals surface area contributed by atoms with Gasteiger partial charge in [-0.3, -0.25) is 4.98 Å². The largest absolute Gasteiger partial charge is 0.444 e. The van der Waals surface area contributed by atoms with E-state index in [-0.39, 0.29) is 12.1 Å². The summed E-state index contributed by atoms with van der Waals surface area (Å²) in [5.41, 5.74) is 0.674. The summed E-state index contributed by atoms with van der Waals surface area (Å²) < 4.78 is 6.46. The maximum Gasteiger partial charge on any atom is 0.410 e. The third-order valence-electron chi connectivity index (χ3n) is 3.89. The zero-order chi connectivity index (χ0) is 15.2. The molecule has 2 aliphatic heterocycles. The second-order valence-electron chi connectivity index (χ2n) is 6.69. The third kappa shape index (κ3) is 3.00. The quantitative estimate of drug-likeness (QED) is 0.778. The Labute approximate surface area is 133 Å². The molecule has 0 aliphatic carbocycles. The van der Waals surface area contributed by atoms with E-state index in [0.29, 0.717) is 6.04 Å². The van der Waals surface area contributed by atoms with Crippen LogP contribution in [0.25, 0.3) is 0 Å². The summed E-state index contributed by atoms with van der Waals surface area (Å²) in [6.45, 7) is 7.28. The highest BCUT2D eigenvalue weighted by atomic mass is 79.9. The van der Waals surface area contributed by atoms with Gasteiger partial charge in [0.1, 0.15) is 5.60 Å². The Hall–Kier alpha value is -1.30. The minimum absolute atomic E-state index is 0.193. The number of hydrogen-bond donors (Lipinski definition) is 0. The van der Waals surface area contributed by atoms with E-state index in [9.17, 15) is 4.79 Å². The number of likely N-dealkylation sites (tertiary alicyclic amines) is 1. The van der Waals surface area contributed by atoms with Gasteiger partial charge in [0.15, 0.2) is 0 Å². The lowest BCUT2D eigenvalue weighted by atomic mass is 10.2. The lowest BCUT2D eigenvalue weighted by molar-refractivity contribution is 0.0215. The van der Waals surface area contributed by atoms with E-state index in [2.05, 4.69) is 31.9 Å². The maximum absolute atomic E-state index is 12.2. The fraction of sp³-hybridized carbons (Fsp3) is 0.600. The van der Waals surface area contributed by atoms with Gasteiger partial charge < -0.3 is 14.5 Å². The van der Waals surface area contributed by atoms with E-state index in [1.54, 1.807) is 6.20 Å². The number of aromatic nitrogens is 1. The summed E-state index contributed by atoms with van der Waals surface area (Å²) in [7, 11) is 0. The van der Waals surface area contributed by atoms with Crippen LogP contribution in [0.3, 0.4) is 0 Å². The molecular weight excluding hydrogens is 334 g/mol. The van der Waals surface area contributed by atoms with E-state index < -0.39 is 5.60 Å². The summed E-state index contributed by atoms with van der Waals surface area (Å²) in [6.07, 6.45) is 4.47. The maximum atomic E-state index is 12.2. The second-order valence-corrected chi connectivity index (χ2v) is 7.61. The molecule has 6 heteroatoms. The number of rotatable bonds is 1. The van der Waals surface area contributed by atoms with Gasteiger partial charge in [0.2, 0.25) is 0 Å². The number of anilines is 1. The molecule has 2 atom stereocenters. The number of amides is 1. The first kappa shape index (κ1) is 14.6. The molecule has 0 N–H and O–H groups in total. The van der Waals surface area contributed by atoms with Gasteiger partial charge in [0, 0.05) is 29.8 Å². The van der Waals surface area contributed by atoms with Crippen LogP contribution in [0.1, 0.15) is 27.2 Å². The first-order valence-electron chi connectivity index (χ1n) is 7.20. The molecular formula is C15H20BrN3O2. The van der Waals surface area contributed by atoms with Gasteiger partial charge in [0.05, 0.1) is 17.9 Å². The summed E-state index contributed by atoms with van der Waals surface area (Å²) in [5.74, 6) is 0. The smallest absolute Gasteiger partial charge is 0.410 e. The number of hydrogen-bond acceptors (Lipinski definition) is 4. The van der Waals surface area contributed by atoms with Gasteiger partial charge >= 0.3 is 6.09 Å². The molecule has 1 aromatic heterocycles. The van der Waals surface area contributed by atoms with Crippen molar-refractivity contribution < 1.29 is 9.53 Å². The zero-order valence-electron chi connectivity index (χ0n) is 12.5. The molecule has 2 fully saturated rings. The van der Waals surface area contributed by atoms with E-state index in [0.717, 1.165) is 29.7 Å². The van der Waals surface area contributed by atoms with Crippen LogP contribution in [0.2, 0.25) is 0 Å². The molecule has 114 valence electrons. The number of piperazine rings is 1. The predicted octanol–water partition coefficient (Wildman–Crippen LogP) is 3.04. The molecule has 0 aromatic carbocycles. The molecule has 21 heavy (non-hydrogen) atoms. The lowest BCUT2D eigenvalue weighted by Crippen LogP contribution is -2.50. The SMILES string of the molecule is CC(C)(C)OC(=O)N1C[C@H]2C[C@@H]1CN2c1cncc(Br)c1. The van der Waals surface area contributed by atoms with Gasteiger partial charge in [-0.15, -0.1) is 0 Å². The van der Waals surface area contributed by atoms with E-state index in [1.807, 2.05) is 31.9 Å². The van der Waals surface area contributed by atoms with Crippen LogP contribution in [-0.4, -0.2) is 46.8 Å². The normalized spacial score (nSPS) is 24.6. The minimum Gasteiger partial charge on any atom is -0.444 e. The zero-order valence-corrected chi connectivity index (χ0v) is 14.1. The highest BCUT2D eigenvalue weighted by Gasteiger charge is 2.46. The summed E-state index contributed by atoms with van der Waals surface area (Å²) in [5, 5.41) is 0. The molecule has 3 heterocycles. The monoisotopic (exact) mass is 353 g/mol. The predicted molar refractivity (Wildman–Crippen MR) is 84.4 cm³/mol. The van der Waals surface area contributed by atoms with Crippen molar-refractivity contribution in [1.82, 2.24) is 9.88 Å². The Bertz CT molecular complexity index is 558. The average Bonchev–Trinajstić information content (AvgIpc) is 2.96. The lowest BCUT2D eigenvalue weighted by Gasteiger charge is -2.36. The van der Waals surface area contributed by atoms with Gasteiger partial charge in [-0.1, -0.05) is 0 Å². The van der Waals surface area contributed by atoms with Gasteiger partial charge in [-0.2, -0.15) is 0 Å². The van der Waals surface area contributed by atoms with Gasteiger partial charge in [-0.05, 0) is 49.2 Å². The van der Waals surface area contributed by atoms with Crippen LogP contribution in [0.5, 0.6) is 0 Å². The molecule has 0 saturated carbocycles. The molecule has 0 spiro atoms. The minimum atomic E-state index is -0.438. The Balaban J connectivity index is 1.68. The first-order valence-corrected chi connectivity index (χ1v) is 7.99. The summed E-state index contributed by atoms with van der Waals surface area (Å²) >= 11 is 3.46. The van der Waals surface area contributed by atoms with Crippen molar-refractivity contribution in [2.24, 2.45) is 0 Å². The van der Waals surface area contributed by atoms with Crippen LogP contribution in [0, 0.1) is 0 Å². The molecule has 2 saturated heterocycles. The number of pyridine rings is 1. The van der Waals surface area contributed by atoms with Crippen molar-refractivity contribution in [3.8, 4) is 0 Å². The topological polar surface area (TPSA) is 45.7 Å². The molecule has 3 rings (SSSR count). The summed E-state index contributed by atoms with van der Waals surface area (Å²) in [4.78, 5) is 20.6. The van der Waals surface area contributed by atoms with Crippen molar-refractivity contribution in [2.45, 2.75) is 44.9 Å². The molecule has 0 unspecified atom stereocenters. The number of fused-ring (bicyclic) bond motifs is 2. The molecule has 1 amide bonds. The fourth-order valence-electron chi connectivity index (χ4n) is 3.09. The fourth-order valence-corrected chi connectivity index (χ4v) is 3.44. The molecule has 0 radical (unpaired) electrons. The molecule has 2 bridgehead atoms. The van der Waals surface area contributed by atoms with Crippen molar-refractivity contribution in [2.75, 3.05) is 18.0 Å². The van der Waals surface area contributed by atoms with Crippen LogP contribution in [0.15, 0.2) is 22.9 Å². The van der Waals surface area contributed by atoms with E-state index in [4.69, 9.17) is 4.74 Å². The Morgan fingerprint density at radius 2 is 2.10 bits per heavy atom. The van der Waals surface area contributed by atoms with Crippen molar-refractivity contribution >= 4 is 27.7 Å². The third-order valence-corrected chi connectivity index (χ3v) is 4.32. The van der Waals surface area contributed by atoms with Crippen molar-refractivity contribution in [1.29, 1.82) is 0 Å². The van der Waals surface area contributed by atoms with E-state index >= 15 is 0 Å². The van der Waals surface area contributed by atoms with E-state index in [1.165, 1.54) is 0 Å². The van der Waals surface area contributed by atoms with Crippen LogP contribution in [0.4, 0.5) is 10.5 Å². The van der Waals surface area contributed by atoms with Crippen LogP contribution < -0.4 is 4.90 Å². The number of carbonyl (C=O) groups excluding carboxylic acids is 1. The Kier molecular flexibility index (Phi) is 3.59. The van der Waals surface area contributed by atoms with Crippen molar-refractivity contribution in [3.05, 3.63) is 22.9 Å². The van der Waals surface area contributed by atoms with Crippen molar-refractivity contribution in [3.63, 3.8) is 0 Å². The number of carbonyl (C=O) groups is 1. The Morgan fingerprint density at radius 3 is 2.67 bits per heavy atom. The van der Waals surface area contributed by atoms with Crippen LogP contribution >= 0.6 is 15.9 Å². The molecule has 2 aliphatic rings. The molecule has 1 aromatic rings. The highest BCUT2D eigenvalue weighted by molar-refractivity contribution is 9.10. The molecule has 5 nitrogen and oxygen atoms in total. The van der Waals surface area contributed by atoms with Gasteiger partial charge in [-0.25, -0.2) is 4.79 Å². The van der Waals surface area contributed by atoms with Gasteiger partial charge in [0.25, 0.3) is 0 Å². The second kappa shape index (κ2) is 5.16. The highest BCUT2D eigenvalue weighted by Crippen LogP contribution is 2.35. The number of halogens is 1. The number of nitrogens with zero attached hydrogens (tertiary/aromatic N) is 3. The standard InChI is InChI=1S/C15H20BrN3O2/c1-15(2,3)21-14(20)19-9-12-5-13(19)8-18(12)11-4-10(16)6-17-7-11/h4,6-7,12-13H,5,8-9H2,1-3H3/t12-,13-/m1/s1. The van der Waals surface area contributed by atoms with Crippen LogP contribution in [-0.2, 0) is 4.74 Å². The Morgan fingerprint density at radius 1 is 1.33 bits per heavy atom. The number of ether oxygens (including phenoxy) is 1. The summed E-state index contributed by atoms with van der Waals surface area (Å²) in [6, 6.07) is 2.67.